The number of ether oxygens (including phenoxy) is 1. The van der Waals surface area contributed by atoms with Gasteiger partial charge in [0.2, 0.25) is 0 Å². The Labute approximate surface area is 104 Å². The molecule has 2 rings (SSSR count). The van der Waals surface area contributed by atoms with Crippen LogP contribution in [0, 0.1) is 5.82 Å². The molecule has 1 fully saturated rings. The number of nitrogens with zero attached hydrogens (tertiary/aromatic N) is 1. The fourth-order valence-corrected chi connectivity index (χ4v) is 2.19. The monoisotopic (exact) mass is 251 g/mol. The number of likely N-dealkylation sites (tertiary alicyclic amines) is 1. The summed E-state index contributed by atoms with van der Waals surface area (Å²) < 4.78 is 17.6. The Bertz CT molecular complexity index is 458. The first kappa shape index (κ1) is 12.5. The lowest BCUT2D eigenvalue weighted by Crippen LogP contribution is -2.43. The minimum atomic E-state index is -0.660. The van der Waals surface area contributed by atoms with Gasteiger partial charge in [-0.05, 0) is 24.1 Å². The van der Waals surface area contributed by atoms with E-state index in [0.717, 1.165) is 0 Å². The van der Waals surface area contributed by atoms with Gasteiger partial charge < -0.3 is 4.74 Å². The van der Waals surface area contributed by atoms with Gasteiger partial charge in [-0.1, -0.05) is 12.1 Å². The first-order valence-corrected chi connectivity index (χ1v) is 5.76. The summed E-state index contributed by atoms with van der Waals surface area (Å²) in [7, 11) is 1.28. The van der Waals surface area contributed by atoms with E-state index >= 15 is 0 Å². The molecule has 1 amide bonds. The number of ketones is 1. The second-order valence-corrected chi connectivity index (χ2v) is 4.19. The zero-order valence-corrected chi connectivity index (χ0v) is 10.1. The number of Topliss-reactive ketones (excluding diaryl/α,β-unsaturated/α-hetero) is 1. The maximum Gasteiger partial charge on any atom is 0.410 e. The van der Waals surface area contributed by atoms with E-state index in [1.165, 1.54) is 36.3 Å². The van der Waals surface area contributed by atoms with Crippen LogP contribution in [0.15, 0.2) is 24.3 Å². The molecule has 0 radical (unpaired) electrons. The summed E-state index contributed by atoms with van der Waals surface area (Å²) in [4.78, 5) is 25.0. The van der Waals surface area contributed by atoms with Crippen molar-refractivity contribution < 1.29 is 18.7 Å². The third-order valence-electron chi connectivity index (χ3n) is 3.03. The fraction of sp³-hybridized carbons (Fsp3) is 0.385. The Morgan fingerprint density at radius 3 is 2.67 bits per heavy atom. The van der Waals surface area contributed by atoms with Crippen molar-refractivity contribution in [3.8, 4) is 0 Å². The zero-order chi connectivity index (χ0) is 13.1. The summed E-state index contributed by atoms with van der Waals surface area (Å²) in [5, 5.41) is 0. The molecule has 0 aromatic heterocycles. The van der Waals surface area contributed by atoms with Crippen LogP contribution in [0.3, 0.4) is 0 Å². The second kappa shape index (κ2) is 5.16. The second-order valence-electron chi connectivity index (χ2n) is 4.19. The van der Waals surface area contributed by atoms with Crippen molar-refractivity contribution in [3.63, 3.8) is 0 Å². The van der Waals surface area contributed by atoms with E-state index in [2.05, 4.69) is 4.74 Å². The lowest BCUT2D eigenvalue weighted by Gasteiger charge is -2.33. The van der Waals surface area contributed by atoms with E-state index in [0.29, 0.717) is 24.9 Å². The smallest absolute Gasteiger partial charge is 0.410 e. The number of carbonyl (C=O) groups is 2. The van der Waals surface area contributed by atoms with Crippen molar-refractivity contribution in [2.45, 2.75) is 18.9 Å². The standard InChI is InChI=1S/C13H14FNO3/c1-18-13(17)15-8-2-3-11(16)12(15)9-4-6-10(14)7-5-9/h4-7,12H,2-3,8H2,1H3. The average Bonchev–Trinajstić information content (AvgIpc) is 2.39. The number of carbonyl (C=O) groups excluding carboxylic acids is 2. The van der Waals surface area contributed by atoms with Gasteiger partial charge in [-0.3, -0.25) is 9.69 Å². The number of piperidine rings is 1. The number of hydrogen-bond donors (Lipinski definition) is 0. The van der Waals surface area contributed by atoms with Gasteiger partial charge in [0.25, 0.3) is 0 Å². The van der Waals surface area contributed by atoms with Gasteiger partial charge in [0.05, 0.1) is 7.11 Å². The van der Waals surface area contributed by atoms with Crippen molar-refractivity contribution in [2.75, 3.05) is 13.7 Å². The van der Waals surface area contributed by atoms with Crippen LogP contribution in [0.4, 0.5) is 9.18 Å². The molecule has 0 N–H and O–H groups in total. The lowest BCUT2D eigenvalue weighted by atomic mass is 9.94. The zero-order valence-electron chi connectivity index (χ0n) is 10.1. The van der Waals surface area contributed by atoms with Gasteiger partial charge in [0.15, 0.2) is 5.78 Å². The van der Waals surface area contributed by atoms with Crippen molar-refractivity contribution in [3.05, 3.63) is 35.6 Å². The minimum Gasteiger partial charge on any atom is -0.453 e. The number of benzene rings is 1. The molecular formula is C13H14FNO3. The lowest BCUT2D eigenvalue weighted by molar-refractivity contribution is -0.126. The number of hydrogen-bond acceptors (Lipinski definition) is 3. The van der Waals surface area contributed by atoms with Gasteiger partial charge in [0, 0.05) is 13.0 Å². The van der Waals surface area contributed by atoms with Gasteiger partial charge in [0.1, 0.15) is 11.9 Å². The summed E-state index contributed by atoms with van der Waals surface area (Å²) in [6, 6.07) is 4.96. The van der Waals surface area contributed by atoms with Crippen LogP contribution < -0.4 is 0 Å². The summed E-state index contributed by atoms with van der Waals surface area (Å²) in [5.41, 5.74) is 0.617. The van der Waals surface area contributed by atoms with Crippen LogP contribution in [-0.2, 0) is 9.53 Å². The van der Waals surface area contributed by atoms with E-state index in [9.17, 15) is 14.0 Å². The topological polar surface area (TPSA) is 46.6 Å². The molecule has 0 bridgehead atoms. The van der Waals surface area contributed by atoms with Gasteiger partial charge in [-0.15, -0.1) is 0 Å². The van der Waals surface area contributed by atoms with E-state index in [-0.39, 0.29) is 11.6 Å². The quantitative estimate of drug-likeness (QED) is 0.769. The van der Waals surface area contributed by atoms with Gasteiger partial charge in [-0.25, -0.2) is 9.18 Å². The van der Waals surface area contributed by atoms with E-state index < -0.39 is 12.1 Å². The highest BCUT2D eigenvalue weighted by atomic mass is 19.1. The van der Waals surface area contributed by atoms with Crippen molar-refractivity contribution in [1.82, 2.24) is 4.90 Å². The predicted octanol–water partition coefficient (Wildman–Crippen LogP) is 2.30. The molecule has 1 heterocycles. The van der Waals surface area contributed by atoms with E-state index in [4.69, 9.17) is 0 Å². The average molecular weight is 251 g/mol. The molecule has 1 unspecified atom stereocenters. The van der Waals surface area contributed by atoms with Gasteiger partial charge >= 0.3 is 6.09 Å². The highest BCUT2D eigenvalue weighted by molar-refractivity contribution is 5.89. The van der Waals surface area contributed by atoms with Crippen LogP contribution >= 0.6 is 0 Å². The Kier molecular flexibility index (Phi) is 3.60. The number of halogens is 1. The highest BCUT2D eigenvalue weighted by Crippen LogP contribution is 2.28. The molecule has 18 heavy (non-hydrogen) atoms. The van der Waals surface area contributed by atoms with E-state index in [1.54, 1.807) is 0 Å². The highest BCUT2D eigenvalue weighted by Gasteiger charge is 2.34. The maximum absolute atomic E-state index is 12.9. The molecule has 1 aliphatic heterocycles. The molecule has 0 saturated carbocycles. The predicted molar refractivity (Wildman–Crippen MR) is 62.5 cm³/mol. The normalized spacial score (nSPS) is 19.8. The molecule has 1 aromatic rings. The molecule has 1 aliphatic rings. The van der Waals surface area contributed by atoms with Crippen LogP contribution in [0.25, 0.3) is 0 Å². The van der Waals surface area contributed by atoms with Crippen LogP contribution in [-0.4, -0.2) is 30.4 Å². The van der Waals surface area contributed by atoms with Crippen LogP contribution in [0.5, 0.6) is 0 Å². The number of methoxy groups -OCH3 is 1. The van der Waals surface area contributed by atoms with Gasteiger partial charge in [-0.2, -0.15) is 0 Å². The minimum absolute atomic E-state index is 0.0433. The van der Waals surface area contributed by atoms with Crippen molar-refractivity contribution in [1.29, 1.82) is 0 Å². The largest absolute Gasteiger partial charge is 0.453 e. The maximum atomic E-state index is 12.9. The summed E-state index contributed by atoms with van der Waals surface area (Å²) in [6.07, 6.45) is 0.527. The molecule has 1 saturated heterocycles. The molecule has 0 spiro atoms. The summed E-state index contributed by atoms with van der Waals surface area (Å²) in [6.45, 7) is 0.473. The number of rotatable bonds is 1. The molecule has 4 nitrogen and oxygen atoms in total. The Morgan fingerprint density at radius 1 is 1.39 bits per heavy atom. The van der Waals surface area contributed by atoms with Crippen LogP contribution in [0.1, 0.15) is 24.4 Å². The summed E-state index contributed by atoms with van der Waals surface area (Å²) in [5.74, 6) is -0.412. The molecule has 5 heteroatoms. The Morgan fingerprint density at radius 2 is 2.06 bits per heavy atom. The first-order valence-electron chi connectivity index (χ1n) is 5.76. The molecular weight excluding hydrogens is 237 g/mol. The SMILES string of the molecule is COC(=O)N1CCCC(=O)C1c1ccc(F)cc1. The van der Waals surface area contributed by atoms with Crippen LogP contribution in [0.2, 0.25) is 0 Å². The fourth-order valence-electron chi connectivity index (χ4n) is 2.19. The summed E-state index contributed by atoms with van der Waals surface area (Å²) >= 11 is 0. The van der Waals surface area contributed by atoms with E-state index in [1.807, 2.05) is 0 Å². The van der Waals surface area contributed by atoms with Crippen molar-refractivity contribution in [2.24, 2.45) is 0 Å². The molecule has 96 valence electrons. The molecule has 1 aromatic carbocycles. The Hall–Kier alpha value is -1.91. The Balaban J connectivity index is 2.32. The third-order valence-corrected chi connectivity index (χ3v) is 3.03. The third kappa shape index (κ3) is 2.34. The number of amides is 1. The molecule has 0 aliphatic carbocycles. The first-order chi connectivity index (χ1) is 8.63. The van der Waals surface area contributed by atoms with Crippen molar-refractivity contribution >= 4 is 11.9 Å². The molecule has 1 atom stereocenters.